The van der Waals surface area contributed by atoms with Crippen LogP contribution in [0.25, 0.3) is 0 Å². The molecule has 126 valence electrons. The van der Waals surface area contributed by atoms with Gasteiger partial charge < -0.3 is 14.3 Å². The number of methoxy groups -OCH3 is 1. The second-order valence-electron chi connectivity index (χ2n) is 5.23. The zero-order valence-corrected chi connectivity index (χ0v) is 14.0. The predicted octanol–water partition coefficient (Wildman–Crippen LogP) is 1.79. The molecule has 0 saturated carbocycles. The molecule has 0 spiro atoms. The van der Waals surface area contributed by atoms with Gasteiger partial charge in [-0.05, 0) is 43.2 Å². The zero-order chi connectivity index (χ0) is 16.9. The first-order chi connectivity index (χ1) is 10.9. The highest BCUT2D eigenvalue weighted by Gasteiger charge is 2.16. The quantitative estimate of drug-likeness (QED) is 0.765. The molecule has 6 nitrogen and oxygen atoms in total. The van der Waals surface area contributed by atoms with Crippen LogP contribution >= 0.6 is 0 Å². The molecule has 0 amide bonds. The summed E-state index contributed by atoms with van der Waals surface area (Å²) in [5.74, 6) is 1.69. The summed E-state index contributed by atoms with van der Waals surface area (Å²) in [6, 6.07) is 10.6. The number of sulfonamides is 1. The van der Waals surface area contributed by atoms with Gasteiger partial charge in [-0.3, -0.25) is 0 Å². The molecule has 1 heterocycles. The number of rotatable bonds is 8. The van der Waals surface area contributed by atoms with E-state index in [0.29, 0.717) is 17.9 Å². The molecular weight excluding hydrogens is 318 g/mol. The Balaban J connectivity index is 1.84. The average molecular weight is 339 g/mol. The van der Waals surface area contributed by atoms with Crippen molar-refractivity contribution in [2.24, 2.45) is 0 Å². The molecule has 0 radical (unpaired) electrons. The van der Waals surface area contributed by atoms with Gasteiger partial charge in [-0.25, -0.2) is 13.1 Å². The largest absolute Gasteiger partial charge is 0.497 e. The maximum absolute atomic E-state index is 12.0. The van der Waals surface area contributed by atoms with Gasteiger partial charge in [-0.2, -0.15) is 0 Å². The Morgan fingerprint density at radius 3 is 2.48 bits per heavy atom. The van der Waals surface area contributed by atoms with Crippen LogP contribution in [0.3, 0.4) is 0 Å². The van der Waals surface area contributed by atoms with E-state index >= 15 is 0 Å². The average Bonchev–Trinajstić information content (AvgIpc) is 2.98. The summed E-state index contributed by atoms with van der Waals surface area (Å²) in [6.07, 6.45) is -0.616. The Labute approximate surface area is 136 Å². The molecule has 7 heteroatoms. The minimum atomic E-state index is -3.47. The highest BCUT2D eigenvalue weighted by molar-refractivity contribution is 7.89. The van der Waals surface area contributed by atoms with Gasteiger partial charge in [-0.15, -0.1) is 0 Å². The van der Waals surface area contributed by atoms with Gasteiger partial charge in [0.25, 0.3) is 0 Å². The number of aryl methyl sites for hydroxylation is 2. The Kier molecular flexibility index (Phi) is 5.81. The summed E-state index contributed by atoms with van der Waals surface area (Å²) in [6.45, 7) is 1.65. The fourth-order valence-electron chi connectivity index (χ4n) is 2.06. The molecule has 1 aromatic carbocycles. The topological polar surface area (TPSA) is 88.8 Å². The minimum Gasteiger partial charge on any atom is -0.497 e. The van der Waals surface area contributed by atoms with E-state index in [1.165, 1.54) is 0 Å². The monoisotopic (exact) mass is 339 g/mol. The number of aliphatic hydroxyl groups is 1. The zero-order valence-electron chi connectivity index (χ0n) is 13.2. The Morgan fingerprint density at radius 2 is 1.91 bits per heavy atom. The van der Waals surface area contributed by atoms with Crippen molar-refractivity contribution >= 4 is 10.0 Å². The van der Waals surface area contributed by atoms with E-state index in [1.807, 2.05) is 12.1 Å². The van der Waals surface area contributed by atoms with Crippen molar-refractivity contribution in [2.75, 3.05) is 19.4 Å². The summed E-state index contributed by atoms with van der Waals surface area (Å²) in [4.78, 5) is 0. The van der Waals surface area contributed by atoms with Crippen molar-refractivity contribution in [2.45, 2.75) is 19.4 Å². The number of aliphatic hydroxyl groups excluding tert-OH is 1. The Hall–Kier alpha value is -1.83. The SMILES string of the molecule is COc1ccc(CCS(=O)(=O)NCC(O)c2ccc(C)o2)cc1. The highest BCUT2D eigenvalue weighted by Crippen LogP contribution is 2.16. The lowest BCUT2D eigenvalue weighted by atomic mass is 10.2. The predicted molar refractivity (Wildman–Crippen MR) is 86.9 cm³/mol. The van der Waals surface area contributed by atoms with Gasteiger partial charge in [0.1, 0.15) is 23.4 Å². The highest BCUT2D eigenvalue weighted by atomic mass is 32.2. The third kappa shape index (κ3) is 5.38. The normalized spacial score (nSPS) is 13.0. The molecule has 1 unspecified atom stereocenters. The van der Waals surface area contributed by atoms with Gasteiger partial charge in [0.15, 0.2) is 0 Å². The third-order valence-electron chi connectivity index (χ3n) is 3.40. The van der Waals surface area contributed by atoms with Gasteiger partial charge >= 0.3 is 0 Å². The molecule has 2 N–H and O–H groups in total. The van der Waals surface area contributed by atoms with Crippen LogP contribution in [0, 0.1) is 6.92 Å². The maximum Gasteiger partial charge on any atom is 0.212 e. The van der Waals surface area contributed by atoms with Crippen molar-refractivity contribution < 1.29 is 22.7 Å². The van der Waals surface area contributed by atoms with E-state index in [9.17, 15) is 13.5 Å². The lowest BCUT2D eigenvalue weighted by Gasteiger charge is -2.10. The first-order valence-electron chi connectivity index (χ1n) is 7.24. The van der Waals surface area contributed by atoms with Crippen LogP contribution in [0.4, 0.5) is 0 Å². The van der Waals surface area contributed by atoms with Gasteiger partial charge in [0.05, 0.1) is 12.9 Å². The third-order valence-corrected chi connectivity index (χ3v) is 4.75. The van der Waals surface area contributed by atoms with E-state index < -0.39 is 16.1 Å². The molecule has 2 rings (SSSR count). The lowest BCUT2D eigenvalue weighted by molar-refractivity contribution is 0.152. The molecule has 0 aliphatic carbocycles. The Bertz CT molecular complexity index is 721. The van der Waals surface area contributed by atoms with E-state index in [4.69, 9.17) is 9.15 Å². The molecule has 0 bridgehead atoms. The summed E-state index contributed by atoms with van der Waals surface area (Å²) in [7, 11) is -1.90. The van der Waals surface area contributed by atoms with Gasteiger partial charge in [-0.1, -0.05) is 12.1 Å². The van der Waals surface area contributed by atoms with Crippen molar-refractivity contribution in [3.05, 3.63) is 53.5 Å². The number of furan rings is 1. The van der Waals surface area contributed by atoms with Crippen molar-refractivity contribution in [1.29, 1.82) is 0 Å². The van der Waals surface area contributed by atoms with E-state index in [-0.39, 0.29) is 12.3 Å². The number of hydrogen-bond acceptors (Lipinski definition) is 5. The van der Waals surface area contributed by atoms with Gasteiger partial charge in [0.2, 0.25) is 10.0 Å². The van der Waals surface area contributed by atoms with Crippen LogP contribution in [0.5, 0.6) is 5.75 Å². The maximum atomic E-state index is 12.0. The molecule has 0 aliphatic heterocycles. The second-order valence-corrected chi connectivity index (χ2v) is 7.16. The molecule has 1 aromatic heterocycles. The second kappa shape index (κ2) is 7.63. The molecule has 1 atom stereocenters. The molecule has 0 fully saturated rings. The van der Waals surface area contributed by atoms with Crippen LogP contribution in [-0.4, -0.2) is 32.9 Å². The standard InChI is InChI=1S/C16H21NO5S/c1-12-3-8-16(22-12)15(18)11-17-23(19,20)10-9-13-4-6-14(21-2)7-5-13/h3-8,15,17-18H,9-11H2,1-2H3. The molecule has 0 aliphatic rings. The van der Waals surface area contributed by atoms with Crippen LogP contribution < -0.4 is 9.46 Å². The first kappa shape index (κ1) is 17.5. The van der Waals surface area contributed by atoms with Crippen LogP contribution in [0.15, 0.2) is 40.8 Å². The van der Waals surface area contributed by atoms with E-state index in [2.05, 4.69) is 4.72 Å². The van der Waals surface area contributed by atoms with Crippen LogP contribution in [0.2, 0.25) is 0 Å². The number of ether oxygens (including phenoxy) is 1. The van der Waals surface area contributed by atoms with E-state index in [1.54, 1.807) is 38.3 Å². The molecular formula is C16H21NO5S. The fraction of sp³-hybridized carbons (Fsp3) is 0.375. The van der Waals surface area contributed by atoms with Crippen molar-refractivity contribution in [3.63, 3.8) is 0 Å². The lowest BCUT2D eigenvalue weighted by Crippen LogP contribution is -2.31. The number of nitrogens with one attached hydrogen (secondary N) is 1. The van der Waals surface area contributed by atoms with Crippen molar-refractivity contribution in [3.8, 4) is 5.75 Å². The minimum absolute atomic E-state index is 0.0523. The first-order valence-corrected chi connectivity index (χ1v) is 8.89. The van der Waals surface area contributed by atoms with E-state index in [0.717, 1.165) is 11.3 Å². The number of benzene rings is 1. The van der Waals surface area contributed by atoms with Gasteiger partial charge in [0, 0.05) is 6.54 Å². The fourth-order valence-corrected chi connectivity index (χ4v) is 3.12. The van der Waals surface area contributed by atoms with Crippen molar-refractivity contribution in [1.82, 2.24) is 4.72 Å². The summed E-state index contributed by atoms with van der Waals surface area (Å²) >= 11 is 0. The van der Waals surface area contributed by atoms with Crippen LogP contribution in [0.1, 0.15) is 23.2 Å². The van der Waals surface area contributed by atoms with Crippen LogP contribution in [-0.2, 0) is 16.4 Å². The molecule has 2 aromatic rings. The smallest absolute Gasteiger partial charge is 0.212 e. The molecule has 0 saturated heterocycles. The summed E-state index contributed by atoms with van der Waals surface area (Å²) in [5.41, 5.74) is 0.901. The number of hydrogen-bond donors (Lipinski definition) is 2. The summed E-state index contributed by atoms with van der Waals surface area (Å²) in [5, 5.41) is 9.91. The Morgan fingerprint density at radius 1 is 1.22 bits per heavy atom. The molecule has 23 heavy (non-hydrogen) atoms. The summed E-state index contributed by atoms with van der Waals surface area (Å²) < 4.78 is 36.7.